The molecule has 0 heterocycles. The van der Waals surface area contributed by atoms with E-state index in [0.717, 1.165) is 66.3 Å². The Balaban J connectivity index is 1.14. The second-order valence-corrected chi connectivity index (χ2v) is 16.1. The van der Waals surface area contributed by atoms with Crippen molar-refractivity contribution in [1.29, 1.82) is 0 Å². The van der Waals surface area contributed by atoms with Crippen molar-refractivity contribution >= 4 is 11.9 Å². The first-order valence-corrected chi connectivity index (χ1v) is 18.1. The molecule has 5 rings (SSSR count). The van der Waals surface area contributed by atoms with Crippen LogP contribution in [-0.2, 0) is 14.3 Å². The summed E-state index contributed by atoms with van der Waals surface area (Å²) in [6.07, 6.45) is 16.4. The number of carbonyl (C=O) groups excluding carboxylic acids is 2. The first-order valence-electron chi connectivity index (χ1n) is 18.1. The monoisotopic (exact) mass is 604 g/mol. The van der Waals surface area contributed by atoms with Crippen LogP contribution in [0.15, 0.2) is 35.9 Å². The normalized spacial score (nSPS) is 34.3. The summed E-state index contributed by atoms with van der Waals surface area (Å²) in [6.45, 7) is 17.0. The summed E-state index contributed by atoms with van der Waals surface area (Å²) < 4.78 is 11.3. The third-order valence-corrected chi connectivity index (χ3v) is 13.4. The standard InChI is InChI=1S/C40H60O4/c1-8-29(26(2)3)12-11-28(5)34-17-18-35-33-16-13-30-25-32(21-23-39(30,6)36(33)22-24-40(34,35)7)44-38(42)20-19-37(41)43-31-14-9-27(4)10-15-31/h9-10,13-15,26,28-29,32-36H,8,11-12,16-25H2,1-7H3/t28-,29-,32+,33+,34-,35+,36+,39+,40-/m1/s1. The number of benzene rings is 1. The smallest absolute Gasteiger partial charge is 0.311 e. The molecule has 0 aromatic heterocycles. The first-order chi connectivity index (χ1) is 20.9. The lowest BCUT2D eigenvalue weighted by Crippen LogP contribution is -2.51. The summed E-state index contributed by atoms with van der Waals surface area (Å²) in [5.74, 6) is 5.62. The minimum absolute atomic E-state index is 0.0419. The van der Waals surface area contributed by atoms with Crippen molar-refractivity contribution in [3.8, 4) is 5.75 Å². The van der Waals surface area contributed by atoms with Gasteiger partial charge in [0.05, 0.1) is 12.8 Å². The van der Waals surface area contributed by atoms with E-state index in [2.05, 4.69) is 47.6 Å². The second kappa shape index (κ2) is 13.7. The number of ether oxygens (including phenoxy) is 2. The maximum absolute atomic E-state index is 12.7. The molecule has 0 N–H and O–H groups in total. The van der Waals surface area contributed by atoms with E-state index in [1.165, 1.54) is 56.9 Å². The van der Waals surface area contributed by atoms with Gasteiger partial charge >= 0.3 is 11.9 Å². The lowest BCUT2D eigenvalue weighted by molar-refractivity contribution is -0.153. The van der Waals surface area contributed by atoms with E-state index in [9.17, 15) is 9.59 Å². The minimum Gasteiger partial charge on any atom is -0.462 e. The molecule has 9 atom stereocenters. The zero-order valence-corrected chi connectivity index (χ0v) is 28.8. The molecule has 4 aliphatic rings. The Labute approximate surface area is 268 Å². The van der Waals surface area contributed by atoms with Crippen LogP contribution in [0.1, 0.15) is 131 Å². The molecule has 0 saturated heterocycles. The molecule has 4 aliphatic carbocycles. The average Bonchev–Trinajstić information content (AvgIpc) is 3.35. The molecule has 4 heteroatoms. The van der Waals surface area contributed by atoms with Crippen LogP contribution in [0.25, 0.3) is 0 Å². The number of fused-ring (bicyclic) bond motifs is 5. The lowest BCUT2D eigenvalue weighted by Gasteiger charge is -2.58. The number of hydrogen-bond acceptors (Lipinski definition) is 4. The predicted octanol–water partition coefficient (Wildman–Crippen LogP) is 10.3. The van der Waals surface area contributed by atoms with Crippen LogP contribution in [0.4, 0.5) is 0 Å². The van der Waals surface area contributed by atoms with Crippen molar-refractivity contribution < 1.29 is 19.1 Å². The Hall–Kier alpha value is -2.10. The Morgan fingerprint density at radius 3 is 2.34 bits per heavy atom. The van der Waals surface area contributed by atoms with E-state index in [1.807, 2.05) is 19.1 Å². The van der Waals surface area contributed by atoms with Gasteiger partial charge in [0.2, 0.25) is 0 Å². The van der Waals surface area contributed by atoms with Crippen LogP contribution in [0.3, 0.4) is 0 Å². The molecule has 0 aliphatic heterocycles. The van der Waals surface area contributed by atoms with Crippen molar-refractivity contribution in [1.82, 2.24) is 0 Å². The Morgan fingerprint density at radius 1 is 0.909 bits per heavy atom. The maximum atomic E-state index is 12.7. The molecule has 0 radical (unpaired) electrons. The summed E-state index contributed by atoms with van der Waals surface area (Å²) in [5.41, 5.74) is 3.37. The zero-order chi connectivity index (χ0) is 31.6. The maximum Gasteiger partial charge on any atom is 0.311 e. The van der Waals surface area contributed by atoms with Crippen molar-refractivity contribution in [3.05, 3.63) is 41.5 Å². The predicted molar refractivity (Wildman–Crippen MR) is 178 cm³/mol. The first kappa shape index (κ1) is 33.3. The third-order valence-electron chi connectivity index (χ3n) is 13.4. The molecule has 44 heavy (non-hydrogen) atoms. The Kier molecular flexibility index (Phi) is 10.4. The van der Waals surface area contributed by atoms with Crippen LogP contribution in [0, 0.1) is 59.2 Å². The van der Waals surface area contributed by atoms with Gasteiger partial charge in [-0.15, -0.1) is 0 Å². The number of hydrogen-bond donors (Lipinski definition) is 0. The molecular formula is C40H60O4. The molecule has 1 aromatic carbocycles. The van der Waals surface area contributed by atoms with Gasteiger partial charge in [0.15, 0.2) is 0 Å². The highest BCUT2D eigenvalue weighted by Gasteiger charge is 2.59. The summed E-state index contributed by atoms with van der Waals surface area (Å²) in [4.78, 5) is 25.0. The number of allylic oxidation sites excluding steroid dienone is 1. The molecular weight excluding hydrogens is 544 g/mol. The van der Waals surface area contributed by atoms with Gasteiger partial charge in [-0.25, -0.2) is 0 Å². The van der Waals surface area contributed by atoms with Gasteiger partial charge in [-0.05, 0) is 123 Å². The fraction of sp³-hybridized carbons (Fsp3) is 0.750. The van der Waals surface area contributed by atoms with Gasteiger partial charge in [0.25, 0.3) is 0 Å². The number of rotatable bonds is 11. The second-order valence-electron chi connectivity index (χ2n) is 16.1. The largest absolute Gasteiger partial charge is 0.462 e. The third kappa shape index (κ3) is 6.85. The molecule has 3 saturated carbocycles. The van der Waals surface area contributed by atoms with E-state index < -0.39 is 5.97 Å². The quantitative estimate of drug-likeness (QED) is 0.143. The number of esters is 2. The minimum atomic E-state index is -0.392. The molecule has 244 valence electrons. The fourth-order valence-corrected chi connectivity index (χ4v) is 10.6. The Morgan fingerprint density at radius 2 is 1.64 bits per heavy atom. The Bertz CT molecular complexity index is 1180. The van der Waals surface area contributed by atoms with Crippen LogP contribution >= 0.6 is 0 Å². The summed E-state index contributed by atoms with van der Waals surface area (Å²) in [6, 6.07) is 7.37. The van der Waals surface area contributed by atoms with Crippen molar-refractivity contribution in [2.75, 3.05) is 0 Å². The van der Waals surface area contributed by atoms with Gasteiger partial charge in [0.1, 0.15) is 11.9 Å². The fourth-order valence-electron chi connectivity index (χ4n) is 10.6. The van der Waals surface area contributed by atoms with E-state index in [1.54, 1.807) is 12.1 Å². The lowest BCUT2D eigenvalue weighted by atomic mass is 9.47. The average molecular weight is 605 g/mol. The van der Waals surface area contributed by atoms with Gasteiger partial charge < -0.3 is 9.47 Å². The van der Waals surface area contributed by atoms with Crippen molar-refractivity contribution in [2.24, 2.45) is 52.3 Å². The number of aryl methyl sites for hydroxylation is 1. The van der Waals surface area contributed by atoms with Gasteiger partial charge in [-0.2, -0.15) is 0 Å². The van der Waals surface area contributed by atoms with Crippen LogP contribution in [0.2, 0.25) is 0 Å². The molecule has 1 aromatic rings. The molecule has 4 nitrogen and oxygen atoms in total. The van der Waals surface area contributed by atoms with Crippen molar-refractivity contribution in [3.63, 3.8) is 0 Å². The van der Waals surface area contributed by atoms with Crippen molar-refractivity contribution in [2.45, 2.75) is 138 Å². The van der Waals surface area contributed by atoms with E-state index in [4.69, 9.17) is 9.47 Å². The highest BCUT2D eigenvalue weighted by atomic mass is 16.5. The van der Waals surface area contributed by atoms with Crippen LogP contribution in [-0.4, -0.2) is 18.0 Å². The molecule has 3 fully saturated rings. The van der Waals surface area contributed by atoms with E-state index in [-0.39, 0.29) is 30.3 Å². The molecule has 0 spiro atoms. The van der Waals surface area contributed by atoms with Crippen LogP contribution in [0.5, 0.6) is 5.75 Å². The molecule has 0 amide bonds. The van der Waals surface area contributed by atoms with Crippen LogP contribution < -0.4 is 4.74 Å². The summed E-state index contributed by atoms with van der Waals surface area (Å²) >= 11 is 0. The highest BCUT2D eigenvalue weighted by Crippen LogP contribution is 2.67. The van der Waals surface area contributed by atoms with Gasteiger partial charge in [-0.1, -0.05) is 83.7 Å². The van der Waals surface area contributed by atoms with E-state index >= 15 is 0 Å². The zero-order valence-electron chi connectivity index (χ0n) is 28.8. The molecule has 0 bridgehead atoms. The van der Waals surface area contributed by atoms with Gasteiger partial charge in [-0.3, -0.25) is 9.59 Å². The topological polar surface area (TPSA) is 52.6 Å². The number of carbonyl (C=O) groups is 2. The summed E-state index contributed by atoms with van der Waals surface area (Å²) in [7, 11) is 0. The summed E-state index contributed by atoms with van der Waals surface area (Å²) in [5, 5.41) is 0. The molecule has 0 unspecified atom stereocenters. The SMILES string of the molecule is CC[C@H](CC[C@@H](C)[C@H]1CC[C@H]2[C@@H]3CC=C4C[C@@H](OC(=O)CCC(=O)Oc5ccc(C)cc5)CC[C@]4(C)[C@H]3CC[C@]12C)C(C)C. The highest BCUT2D eigenvalue weighted by molar-refractivity contribution is 5.79. The van der Waals surface area contributed by atoms with E-state index in [0.29, 0.717) is 11.2 Å². The van der Waals surface area contributed by atoms with Gasteiger partial charge in [0, 0.05) is 6.42 Å².